The summed E-state index contributed by atoms with van der Waals surface area (Å²) in [7, 11) is 0. The maximum atomic E-state index is 11.7. The molecule has 1 atom stereocenters. The van der Waals surface area contributed by atoms with E-state index in [1.54, 1.807) is 25.1 Å². The van der Waals surface area contributed by atoms with Gasteiger partial charge in [0, 0.05) is 12.5 Å². The van der Waals surface area contributed by atoms with Crippen molar-refractivity contribution in [2.75, 3.05) is 0 Å². The van der Waals surface area contributed by atoms with Crippen molar-refractivity contribution in [1.29, 1.82) is 0 Å². The molecule has 1 N–H and O–H groups in total. The predicted molar refractivity (Wildman–Crippen MR) is 63.3 cm³/mol. The Labute approximate surface area is 104 Å². The van der Waals surface area contributed by atoms with Gasteiger partial charge in [0.25, 0.3) is 5.91 Å². The van der Waals surface area contributed by atoms with E-state index in [1.165, 1.54) is 18.8 Å². The summed E-state index contributed by atoms with van der Waals surface area (Å²) in [6.07, 6.45) is 4.42. The Kier molecular flexibility index (Phi) is 3.62. The molecule has 2 aromatic heterocycles. The van der Waals surface area contributed by atoms with Crippen molar-refractivity contribution in [2.45, 2.75) is 19.4 Å². The lowest BCUT2D eigenvalue weighted by Crippen LogP contribution is -2.33. The molecule has 0 bridgehead atoms. The lowest BCUT2D eigenvalue weighted by atomic mass is 10.1. The average molecular weight is 247 g/mol. The van der Waals surface area contributed by atoms with Crippen molar-refractivity contribution < 1.29 is 18.4 Å². The smallest absolute Gasteiger partial charge is 0.254 e. The van der Waals surface area contributed by atoms with E-state index >= 15 is 0 Å². The first-order valence-electron chi connectivity index (χ1n) is 5.56. The largest absolute Gasteiger partial charge is 0.472 e. The van der Waals surface area contributed by atoms with E-state index in [1.807, 2.05) is 0 Å². The highest BCUT2D eigenvalue weighted by Gasteiger charge is 2.16. The molecule has 2 heterocycles. The summed E-state index contributed by atoms with van der Waals surface area (Å²) in [5.74, 6) is -0.0945. The molecule has 1 unspecified atom stereocenters. The van der Waals surface area contributed by atoms with E-state index in [0.717, 1.165) is 0 Å². The first-order valence-corrected chi connectivity index (χ1v) is 5.56. The van der Waals surface area contributed by atoms with Gasteiger partial charge in [0.2, 0.25) is 0 Å². The zero-order chi connectivity index (χ0) is 13.0. The van der Waals surface area contributed by atoms with Gasteiger partial charge in [-0.3, -0.25) is 9.59 Å². The van der Waals surface area contributed by atoms with E-state index < -0.39 is 0 Å². The Morgan fingerprint density at radius 1 is 1.33 bits per heavy atom. The molecular weight excluding hydrogens is 234 g/mol. The van der Waals surface area contributed by atoms with E-state index in [-0.39, 0.29) is 24.2 Å². The van der Waals surface area contributed by atoms with Crippen LogP contribution in [0.3, 0.4) is 0 Å². The topological polar surface area (TPSA) is 72.5 Å². The standard InChI is InChI=1S/C13H13NO4/c1-9(7-11(15)12-3-2-5-18-12)14-13(16)10-4-6-17-8-10/h2-6,8-9H,7H2,1H3,(H,14,16). The van der Waals surface area contributed by atoms with E-state index in [2.05, 4.69) is 5.32 Å². The second kappa shape index (κ2) is 5.35. The molecule has 0 saturated carbocycles. The molecule has 0 fully saturated rings. The molecule has 2 rings (SSSR count). The van der Waals surface area contributed by atoms with Crippen LogP contribution >= 0.6 is 0 Å². The number of amides is 1. The SMILES string of the molecule is CC(CC(=O)c1ccco1)NC(=O)c1ccoc1. The van der Waals surface area contributed by atoms with Gasteiger partial charge < -0.3 is 14.2 Å². The lowest BCUT2D eigenvalue weighted by Gasteiger charge is -2.11. The third-order valence-corrected chi connectivity index (χ3v) is 2.45. The number of carbonyl (C=O) groups is 2. The van der Waals surface area contributed by atoms with Gasteiger partial charge in [-0.1, -0.05) is 0 Å². The molecule has 2 aromatic rings. The summed E-state index contributed by atoms with van der Waals surface area (Å²) in [5.41, 5.74) is 0.437. The maximum Gasteiger partial charge on any atom is 0.254 e. The van der Waals surface area contributed by atoms with Crippen LogP contribution in [0, 0.1) is 0 Å². The molecule has 18 heavy (non-hydrogen) atoms. The molecule has 0 aromatic carbocycles. The van der Waals surface area contributed by atoms with Gasteiger partial charge in [-0.2, -0.15) is 0 Å². The number of rotatable bonds is 5. The number of nitrogens with one attached hydrogen (secondary N) is 1. The van der Waals surface area contributed by atoms with Crippen LogP contribution < -0.4 is 5.32 Å². The van der Waals surface area contributed by atoms with E-state index in [0.29, 0.717) is 11.3 Å². The highest BCUT2D eigenvalue weighted by molar-refractivity contribution is 5.96. The minimum atomic E-state index is -0.273. The summed E-state index contributed by atoms with van der Waals surface area (Å²) in [4.78, 5) is 23.4. The van der Waals surface area contributed by atoms with Crippen LogP contribution in [0.15, 0.2) is 45.8 Å². The van der Waals surface area contributed by atoms with Crippen molar-refractivity contribution >= 4 is 11.7 Å². The Hall–Kier alpha value is -2.30. The van der Waals surface area contributed by atoms with Gasteiger partial charge in [-0.05, 0) is 25.1 Å². The molecule has 94 valence electrons. The first-order chi connectivity index (χ1) is 8.66. The fourth-order valence-electron chi connectivity index (χ4n) is 1.57. The summed E-state index contributed by atoms with van der Waals surface area (Å²) in [6, 6.07) is 4.55. The molecular formula is C13H13NO4. The molecule has 0 radical (unpaired) electrons. The molecule has 0 aliphatic heterocycles. The number of hydrogen-bond donors (Lipinski definition) is 1. The van der Waals surface area contributed by atoms with Crippen LogP contribution in [-0.2, 0) is 0 Å². The number of Topliss-reactive ketones (excluding diaryl/α,β-unsaturated/α-hetero) is 1. The Morgan fingerprint density at radius 3 is 2.78 bits per heavy atom. The monoisotopic (exact) mass is 247 g/mol. The number of ketones is 1. The van der Waals surface area contributed by atoms with Gasteiger partial charge >= 0.3 is 0 Å². The molecule has 5 nitrogen and oxygen atoms in total. The van der Waals surface area contributed by atoms with Crippen molar-refractivity contribution in [3.8, 4) is 0 Å². The minimum absolute atomic E-state index is 0.139. The van der Waals surface area contributed by atoms with Crippen molar-refractivity contribution in [2.24, 2.45) is 0 Å². The fourth-order valence-corrected chi connectivity index (χ4v) is 1.57. The zero-order valence-electron chi connectivity index (χ0n) is 9.88. The summed E-state index contributed by atoms with van der Waals surface area (Å²) in [5, 5.41) is 2.71. The first kappa shape index (κ1) is 12.2. The van der Waals surface area contributed by atoms with Crippen LogP contribution in [0.1, 0.15) is 34.3 Å². The summed E-state index contributed by atoms with van der Waals surface area (Å²) >= 11 is 0. The van der Waals surface area contributed by atoms with Crippen LogP contribution in [0.5, 0.6) is 0 Å². The highest BCUT2D eigenvalue weighted by Crippen LogP contribution is 2.07. The van der Waals surface area contributed by atoms with Crippen LogP contribution in [0.4, 0.5) is 0 Å². The zero-order valence-corrected chi connectivity index (χ0v) is 9.88. The van der Waals surface area contributed by atoms with Gasteiger partial charge in [0.15, 0.2) is 11.5 Å². The third kappa shape index (κ3) is 2.88. The predicted octanol–water partition coefficient (Wildman–Crippen LogP) is 2.26. The molecule has 5 heteroatoms. The van der Waals surface area contributed by atoms with Crippen LogP contribution in [0.25, 0.3) is 0 Å². The van der Waals surface area contributed by atoms with Gasteiger partial charge in [0.05, 0.1) is 18.1 Å². The second-order valence-electron chi connectivity index (χ2n) is 3.99. The number of hydrogen-bond acceptors (Lipinski definition) is 4. The quantitative estimate of drug-likeness (QED) is 0.822. The lowest BCUT2D eigenvalue weighted by molar-refractivity contribution is 0.0907. The highest BCUT2D eigenvalue weighted by atomic mass is 16.3. The van der Waals surface area contributed by atoms with Gasteiger partial charge in [-0.25, -0.2) is 0 Å². The molecule has 0 aliphatic carbocycles. The van der Waals surface area contributed by atoms with Crippen molar-refractivity contribution in [3.05, 3.63) is 48.3 Å². The van der Waals surface area contributed by atoms with Gasteiger partial charge in [0.1, 0.15) is 6.26 Å². The third-order valence-electron chi connectivity index (χ3n) is 2.45. The number of carbonyl (C=O) groups excluding carboxylic acids is 2. The second-order valence-corrected chi connectivity index (χ2v) is 3.99. The maximum absolute atomic E-state index is 11.7. The van der Waals surface area contributed by atoms with Crippen LogP contribution in [-0.4, -0.2) is 17.7 Å². The Morgan fingerprint density at radius 2 is 2.17 bits per heavy atom. The van der Waals surface area contributed by atoms with E-state index in [9.17, 15) is 9.59 Å². The molecule has 1 amide bonds. The normalized spacial score (nSPS) is 12.1. The Balaban J connectivity index is 1.87. The average Bonchev–Trinajstić information content (AvgIpc) is 3.02. The Bertz CT molecular complexity index is 465. The summed E-state index contributed by atoms with van der Waals surface area (Å²) in [6.45, 7) is 1.76. The van der Waals surface area contributed by atoms with Crippen molar-refractivity contribution in [3.63, 3.8) is 0 Å². The summed E-state index contributed by atoms with van der Waals surface area (Å²) < 4.78 is 9.81. The number of furan rings is 2. The molecule has 0 saturated heterocycles. The van der Waals surface area contributed by atoms with Crippen molar-refractivity contribution in [1.82, 2.24) is 5.32 Å². The minimum Gasteiger partial charge on any atom is -0.472 e. The molecule has 0 aliphatic rings. The van der Waals surface area contributed by atoms with Crippen LogP contribution in [0.2, 0.25) is 0 Å². The fraction of sp³-hybridized carbons (Fsp3) is 0.231. The molecule has 0 spiro atoms. The van der Waals surface area contributed by atoms with Gasteiger partial charge in [-0.15, -0.1) is 0 Å². The van der Waals surface area contributed by atoms with E-state index in [4.69, 9.17) is 8.83 Å².